The van der Waals surface area contributed by atoms with Crippen molar-refractivity contribution in [3.8, 4) is 0 Å². The summed E-state index contributed by atoms with van der Waals surface area (Å²) in [7, 11) is 1.33. The molecule has 0 amide bonds. The summed E-state index contributed by atoms with van der Waals surface area (Å²) in [6.45, 7) is 5.26. The maximum absolute atomic E-state index is 12.8. The number of quaternary nitrogens is 1. The van der Waals surface area contributed by atoms with E-state index in [1.807, 2.05) is 21.1 Å². The number of hydrogen-bond acceptors (Lipinski definition) is 7. The first kappa shape index (κ1) is 66.4. The fraction of sp³-hybridized carbons (Fsp3) is 0.717. The van der Waals surface area contributed by atoms with E-state index in [-0.39, 0.29) is 25.8 Å². The second-order valence-electron chi connectivity index (χ2n) is 19.6. The highest BCUT2D eigenvalue weighted by molar-refractivity contribution is 7.45. The van der Waals surface area contributed by atoms with Crippen molar-refractivity contribution in [3.05, 3.63) is 97.2 Å². The molecule has 0 aliphatic rings. The van der Waals surface area contributed by atoms with Crippen LogP contribution < -0.4 is 4.89 Å². The van der Waals surface area contributed by atoms with Gasteiger partial charge >= 0.3 is 5.97 Å². The Bertz CT molecular complexity index is 1420. The molecule has 398 valence electrons. The zero-order valence-electron chi connectivity index (χ0n) is 45.2. The van der Waals surface area contributed by atoms with Crippen LogP contribution in [0.5, 0.6) is 0 Å². The van der Waals surface area contributed by atoms with Gasteiger partial charge in [0.2, 0.25) is 0 Å². The zero-order chi connectivity index (χ0) is 50.5. The molecule has 2 atom stereocenters. The van der Waals surface area contributed by atoms with Crippen LogP contribution in [-0.2, 0) is 27.9 Å². The number of likely N-dealkylation sites (N-methyl/N-ethyl adjacent to an activating group) is 1. The molecule has 0 aromatic carbocycles. The number of phosphoric ester groups is 1. The minimum atomic E-state index is -4.55. The molecule has 0 heterocycles. The lowest BCUT2D eigenvalue weighted by atomic mass is 10.1. The van der Waals surface area contributed by atoms with Gasteiger partial charge in [-0.3, -0.25) is 9.36 Å². The molecule has 0 saturated heterocycles. The fourth-order valence-corrected chi connectivity index (χ4v) is 8.07. The molecule has 0 aromatic rings. The first-order valence-corrected chi connectivity index (χ1v) is 29.4. The monoisotopic (exact) mass is 984 g/mol. The predicted molar refractivity (Wildman–Crippen MR) is 295 cm³/mol. The molecule has 0 aliphatic carbocycles. The second-order valence-corrected chi connectivity index (χ2v) is 21.0. The topological polar surface area (TPSA) is 94.1 Å². The number of phosphoric acid groups is 1. The summed E-state index contributed by atoms with van der Waals surface area (Å²) < 4.78 is 34.8. The summed E-state index contributed by atoms with van der Waals surface area (Å²) >= 11 is 0. The van der Waals surface area contributed by atoms with Crippen LogP contribution in [0.25, 0.3) is 0 Å². The number of carbonyl (C=O) groups is 1. The van der Waals surface area contributed by atoms with Crippen molar-refractivity contribution in [1.82, 2.24) is 0 Å². The summed E-state index contributed by atoms with van der Waals surface area (Å²) in [5, 5.41) is 0. The van der Waals surface area contributed by atoms with Gasteiger partial charge in [-0.05, 0) is 96.3 Å². The third kappa shape index (κ3) is 56.2. The van der Waals surface area contributed by atoms with E-state index in [1.165, 1.54) is 109 Å². The number of allylic oxidation sites excluding steroid dienone is 16. The minimum absolute atomic E-state index is 0.0173. The van der Waals surface area contributed by atoms with Crippen LogP contribution in [-0.4, -0.2) is 70.7 Å². The van der Waals surface area contributed by atoms with Gasteiger partial charge in [-0.2, -0.15) is 0 Å². The Labute approximate surface area is 426 Å². The molecule has 0 aliphatic heterocycles. The number of nitrogens with zero attached hydrogens (tertiary/aromatic N) is 1. The third-order valence-corrected chi connectivity index (χ3v) is 12.6. The number of rotatable bonds is 51. The van der Waals surface area contributed by atoms with Crippen molar-refractivity contribution in [2.75, 3.05) is 54.1 Å². The third-order valence-electron chi connectivity index (χ3n) is 11.6. The number of unbranched alkanes of at least 4 members (excludes halogenated alkanes) is 21. The highest BCUT2D eigenvalue weighted by Gasteiger charge is 2.20. The lowest BCUT2D eigenvalue weighted by Gasteiger charge is -2.28. The van der Waals surface area contributed by atoms with Gasteiger partial charge < -0.3 is 27.9 Å². The summed E-state index contributed by atoms with van der Waals surface area (Å²) in [5.74, 6) is -0.349. The average molecular weight is 984 g/mol. The van der Waals surface area contributed by atoms with Gasteiger partial charge in [-0.15, -0.1) is 0 Å². The van der Waals surface area contributed by atoms with Gasteiger partial charge in [0.05, 0.1) is 34.4 Å². The van der Waals surface area contributed by atoms with Crippen LogP contribution in [0.3, 0.4) is 0 Å². The number of esters is 1. The first-order valence-electron chi connectivity index (χ1n) is 28.0. The summed E-state index contributed by atoms with van der Waals surface area (Å²) in [6.07, 6.45) is 71.5. The van der Waals surface area contributed by atoms with Crippen LogP contribution in [0.1, 0.15) is 219 Å². The Morgan fingerprint density at radius 3 is 1.26 bits per heavy atom. The largest absolute Gasteiger partial charge is 0.756 e. The zero-order valence-corrected chi connectivity index (χ0v) is 46.1. The lowest BCUT2D eigenvalue weighted by Crippen LogP contribution is -2.37. The molecule has 0 radical (unpaired) electrons. The SMILES string of the molecule is CC/C=C\C/C=C\C/C=C\C/C=C\C/C=C\CCCCCCCCCC(=O)OC(COCCCCCCCCCCC/C=C\C/C=C\C/C=C\CCCCCCC)COP(=O)([O-])OCC[N+](C)(C)C. The Morgan fingerprint density at radius 1 is 0.464 bits per heavy atom. The van der Waals surface area contributed by atoms with Crippen LogP contribution in [0, 0.1) is 0 Å². The van der Waals surface area contributed by atoms with E-state index in [9.17, 15) is 14.3 Å². The van der Waals surface area contributed by atoms with E-state index in [4.69, 9.17) is 18.5 Å². The molecule has 2 unspecified atom stereocenters. The first-order chi connectivity index (χ1) is 33.6. The van der Waals surface area contributed by atoms with Gasteiger partial charge in [0, 0.05) is 13.0 Å². The molecule has 0 rings (SSSR count). The van der Waals surface area contributed by atoms with E-state index < -0.39 is 13.9 Å². The smallest absolute Gasteiger partial charge is 0.306 e. The van der Waals surface area contributed by atoms with Gasteiger partial charge in [0.15, 0.2) is 0 Å². The summed E-state index contributed by atoms with van der Waals surface area (Å²) in [6, 6.07) is 0. The molecule has 0 bridgehead atoms. The summed E-state index contributed by atoms with van der Waals surface area (Å²) in [5.41, 5.74) is 0. The Kier molecular flexibility index (Phi) is 49.8. The van der Waals surface area contributed by atoms with Crippen molar-refractivity contribution in [3.63, 3.8) is 0 Å². The maximum atomic E-state index is 12.8. The quantitative estimate of drug-likeness (QED) is 0.0197. The molecule has 0 spiro atoms. The van der Waals surface area contributed by atoms with E-state index in [0.717, 1.165) is 89.9 Å². The number of ether oxygens (including phenoxy) is 2. The average Bonchev–Trinajstić information content (AvgIpc) is 3.31. The molecule has 8 nitrogen and oxygen atoms in total. The normalized spacial score (nSPS) is 14.2. The number of hydrogen-bond donors (Lipinski definition) is 0. The predicted octanol–water partition coefficient (Wildman–Crippen LogP) is 17.1. The highest BCUT2D eigenvalue weighted by Crippen LogP contribution is 2.38. The van der Waals surface area contributed by atoms with Crippen LogP contribution >= 0.6 is 7.82 Å². The lowest BCUT2D eigenvalue weighted by molar-refractivity contribution is -0.870. The van der Waals surface area contributed by atoms with Gasteiger partial charge in [-0.1, -0.05) is 214 Å². The van der Waals surface area contributed by atoms with Crippen molar-refractivity contribution in [2.45, 2.75) is 225 Å². The van der Waals surface area contributed by atoms with Crippen molar-refractivity contribution in [2.24, 2.45) is 0 Å². The van der Waals surface area contributed by atoms with Crippen molar-refractivity contribution >= 4 is 13.8 Å². The van der Waals surface area contributed by atoms with Gasteiger partial charge in [0.25, 0.3) is 7.82 Å². The van der Waals surface area contributed by atoms with E-state index in [1.54, 1.807) is 0 Å². The van der Waals surface area contributed by atoms with Crippen LogP contribution in [0.4, 0.5) is 0 Å². The molecule has 0 saturated carbocycles. The Morgan fingerprint density at radius 2 is 0.841 bits per heavy atom. The molecule has 69 heavy (non-hydrogen) atoms. The molecule has 0 aromatic heterocycles. The molecular formula is C60H106NO7P. The van der Waals surface area contributed by atoms with Crippen LogP contribution in [0.2, 0.25) is 0 Å². The Balaban J connectivity index is 4.17. The van der Waals surface area contributed by atoms with E-state index >= 15 is 0 Å². The fourth-order valence-electron chi connectivity index (χ4n) is 7.35. The van der Waals surface area contributed by atoms with Gasteiger partial charge in [-0.25, -0.2) is 0 Å². The molecule has 9 heteroatoms. The second kappa shape index (κ2) is 51.8. The van der Waals surface area contributed by atoms with Crippen molar-refractivity contribution in [1.29, 1.82) is 0 Å². The van der Waals surface area contributed by atoms with E-state index in [2.05, 4.69) is 111 Å². The highest BCUT2D eigenvalue weighted by atomic mass is 31.2. The number of carbonyl (C=O) groups excluding carboxylic acids is 1. The molecule has 0 fully saturated rings. The molecular weight excluding hydrogens is 878 g/mol. The van der Waals surface area contributed by atoms with Gasteiger partial charge in [0.1, 0.15) is 19.3 Å². The standard InChI is InChI=1S/C60H106NO7P/c1-6-8-10-12-14-16-18-20-22-24-26-28-30-32-34-36-38-40-42-44-46-48-50-52-55-65-57-59(58-67-69(63,64)66-56-54-61(3,4)5)68-60(62)53-51-49-47-45-43-41-39-37-35-33-31-29-27-25-23-21-19-17-15-13-11-9-7-2/h9,11,15,17-18,20-21,23-24,26-27,29-30,32-33,35,59H,6-8,10,12-14,16,19,22,25,28,31,34,36-58H2,1-5H3/b11-9-,17-15-,20-18-,23-21-,26-24-,29-27-,32-30-,35-33-. The Hall–Kier alpha value is -2.58. The van der Waals surface area contributed by atoms with Crippen LogP contribution in [0.15, 0.2) is 97.2 Å². The van der Waals surface area contributed by atoms with Crippen molar-refractivity contribution < 1.29 is 37.3 Å². The van der Waals surface area contributed by atoms with E-state index in [0.29, 0.717) is 24.1 Å². The minimum Gasteiger partial charge on any atom is -0.756 e. The summed E-state index contributed by atoms with van der Waals surface area (Å²) in [4.78, 5) is 25.3. The molecule has 0 N–H and O–H groups in total. The maximum Gasteiger partial charge on any atom is 0.306 e.